The lowest BCUT2D eigenvalue weighted by molar-refractivity contribution is 0.220. The maximum atomic E-state index is 9.80. The van der Waals surface area contributed by atoms with Crippen LogP contribution >= 0.6 is 0 Å². The summed E-state index contributed by atoms with van der Waals surface area (Å²) in [7, 11) is -11.3. The lowest BCUT2D eigenvalue weighted by Gasteiger charge is -2.50. The smallest absolute Gasteiger partial charge is 0.317 e. The van der Waals surface area contributed by atoms with Crippen LogP contribution in [0.25, 0.3) is 0 Å². The Morgan fingerprint density at radius 2 is 0.500 bits per heavy atom. The zero-order valence-electron chi connectivity index (χ0n) is 31.1. The monoisotopic (exact) mass is 776 g/mol. The third-order valence-electron chi connectivity index (χ3n) is 9.86. The van der Waals surface area contributed by atoms with E-state index >= 15 is 0 Å². The number of hydrogen-bond donors (Lipinski definition) is 4. The number of aryl methyl sites for hydroxylation is 4. The lowest BCUT2D eigenvalue weighted by atomic mass is 10.1. The Kier molecular flexibility index (Phi) is 13.6. The minimum Gasteiger partial charge on any atom is -0.508 e. The highest BCUT2D eigenvalue weighted by atomic mass is 28.5. The zero-order chi connectivity index (χ0) is 37.2. The van der Waals surface area contributed by atoms with E-state index in [0.29, 0.717) is 0 Å². The SMILES string of the molecule is C[Si]1(CCCc2ccc(O)cc2)O[Si](C)(CCCc2ccc(O)cc2)O[Si](C)(CCCc2ccc(O)cc2)O[Si](C)(CCCc2ccc(O)cc2)O1. The second-order valence-electron chi connectivity index (χ2n) is 15.0. The average Bonchev–Trinajstić information content (AvgIpc) is 3.07. The molecule has 0 aromatic heterocycles. The fourth-order valence-corrected chi connectivity index (χ4v) is 30.7. The average molecular weight is 777 g/mol. The molecule has 0 spiro atoms. The molecule has 1 aliphatic rings. The first kappa shape index (κ1) is 40.0. The Labute approximate surface area is 314 Å². The van der Waals surface area contributed by atoms with Crippen molar-refractivity contribution in [3.05, 3.63) is 119 Å². The minimum absolute atomic E-state index is 0.268. The van der Waals surface area contributed by atoms with Crippen molar-refractivity contribution in [3.63, 3.8) is 0 Å². The highest BCUT2D eigenvalue weighted by Gasteiger charge is 2.56. The second-order valence-corrected chi connectivity index (χ2v) is 29.4. The Morgan fingerprint density at radius 3 is 0.673 bits per heavy atom. The van der Waals surface area contributed by atoms with Crippen molar-refractivity contribution in [2.75, 3.05) is 0 Å². The van der Waals surface area contributed by atoms with Gasteiger partial charge in [0.2, 0.25) is 0 Å². The maximum absolute atomic E-state index is 9.80. The molecule has 1 fully saturated rings. The van der Waals surface area contributed by atoms with Gasteiger partial charge in [0.1, 0.15) is 23.0 Å². The fraction of sp³-hybridized carbons (Fsp3) is 0.400. The quantitative estimate of drug-likeness (QED) is 0.0832. The van der Waals surface area contributed by atoms with Gasteiger partial charge in [-0.15, -0.1) is 0 Å². The van der Waals surface area contributed by atoms with E-state index in [2.05, 4.69) is 26.2 Å². The molecule has 12 heteroatoms. The molecule has 4 aromatic carbocycles. The van der Waals surface area contributed by atoms with Gasteiger partial charge in [0.05, 0.1) is 0 Å². The van der Waals surface area contributed by atoms with E-state index in [9.17, 15) is 20.4 Å². The van der Waals surface area contributed by atoms with E-state index in [4.69, 9.17) is 16.5 Å². The molecule has 8 nitrogen and oxygen atoms in total. The van der Waals surface area contributed by atoms with E-state index in [1.165, 1.54) is 22.3 Å². The van der Waals surface area contributed by atoms with Gasteiger partial charge in [-0.1, -0.05) is 48.5 Å². The van der Waals surface area contributed by atoms with E-state index in [-0.39, 0.29) is 23.0 Å². The molecular formula is C40H56O8Si4. The van der Waals surface area contributed by atoms with Gasteiger partial charge in [0.25, 0.3) is 0 Å². The van der Waals surface area contributed by atoms with Crippen molar-refractivity contribution in [1.29, 1.82) is 0 Å². The fourth-order valence-electron chi connectivity index (χ4n) is 7.42. The Morgan fingerprint density at radius 1 is 0.327 bits per heavy atom. The van der Waals surface area contributed by atoms with Gasteiger partial charge in [-0.3, -0.25) is 0 Å². The van der Waals surface area contributed by atoms with Crippen molar-refractivity contribution in [2.24, 2.45) is 0 Å². The number of benzene rings is 4. The molecule has 52 heavy (non-hydrogen) atoms. The molecule has 0 unspecified atom stereocenters. The van der Waals surface area contributed by atoms with Gasteiger partial charge >= 0.3 is 34.2 Å². The predicted molar refractivity (Wildman–Crippen MR) is 216 cm³/mol. The Hall–Kier alpha value is -3.21. The van der Waals surface area contributed by atoms with Gasteiger partial charge in [0, 0.05) is 0 Å². The van der Waals surface area contributed by atoms with Crippen LogP contribution in [0.2, 0.25) is 50.4 Å². The standard InChI is InChI=1S/C40H56O8Si4/c1-49(29-5-9-33-13-21-37(41)22-14-33)45-50(2,30-6-10-34-15-23-38(42)24-16-34)47-52(4,32-8-12-36-19-27-40(44)28-20-36)48-51(3,46-49)31-7-11-35-17-25-39(43)26-18-35/h13-28,41-44H,5-12,29-32H2,1-4H3. The Bertz CT molecular complexity index is 1420. The number of phenols is 4. The molecule has 0 radical (unpaired) electrons. The summed E-state index contributed by atoms with van der Waals surface area (Å²) >= 11 is 0. The third kappa shape index (κ3) is 12.4. The highest BCUT2D eigenvalue weighted by molar-refractivity contribution is 6.93. The second kappa shape index (κ2) is 17.7. The summed E-state index contributed by atoms with van der Waals surface area (Å²) in [5, 5.41) is 39.2. The minimum atomic E-state index is -2.82. The van der Waals surface area contributed by atoms with Gasteiger partial charge < -0.3 is 36.9 Å². The molecule has 1 aliphatic heterocycles. The highest BCUT2D eigenvalue weighted by Crippen LogP contribution is 2.39. The van der Waals surface area contributed by atoms with Gasteiger partial charge in [0.15, 0.2) is 0 Å². The van der Waals surface area contributed by atoms with Crippen LogP contribution in [-0.2, 0) is 42.1 Å². The maximum Gasteiger partial charge on any atom is 0.317 e. The van der Waals surface area contributed by atoms with Gasteiger partial charge in [-0.2, -0.15) is 0 Å². The molecule has 0 atom stereocenters. The van der Waals surface area contributed by atoms with E-state index in [0.717, 1.165) is 75.5 Å². The van der Waals surface area contributed by atoms with Crippen LogP contribution in [0.1, 0.15) is 47.9 Å². The van der Waals surface area contributed by atoms with Crippen LogP contribution in [0.5, 0.6) is 23.0 Å². The van der Waals surface area contributed by atoms with Crippen molar-refractivity contribution in [2.45, 2.75) is 102 Å². The van der Waals surface area contributed by atoms with Gasteiger partial charge in [-0.25, -0.2) is 0 Å². The molecule has 0 saturated carbocycles. The Balaban J connectivity index is 1.38. The van der Waals surface area contributed by atoms with E-state index < -0.39 is 34.2 Å². The van der Waals surface area contributed by atoms with Crippen molar-refractivity contribution < 1.29 is 36.9 Å². The number of aromatic hydroxyl groups is 4. The molecule has 1 saturated heterocycles. The predicted octanol–water partition coefficient (Wildman–Crippen LogP) is 9.71. The molecule has 5 rings (SSSR count). The molecule has 1 heterocycles. The first-order valence-corrected chi connectivity index (χ1v) is 28.7. The van der Waals surface area contributed by atoms with E-state index in [1.807, 2.05) is 48.5 Å². The molecular weight excluding hydrogens is 721 g/mol. The van der Waals surface area contributed by atoms with Crippen LogP contribution in [0.4, 0.5) is 0 Å². The summed E-state index contributed by atoms with van der Waals surface area (Å²) in [6, 6.07) is 32.9. The lowest BCUT2D eigenvalue weighted by Crippen LogP contribution is -2.67. The van der Waals surface area contributed by atoms with Crippen LogP contribution in [0.15, 0.2) is 97.1 Å². The number of phenolic OH excluding ortho intramolecular Hbond substituents is 4. The number of hydrogen-bond acceptors (Lipinski definition) is 8. The van der Waals surface area contributed by atoms with Crippen molar-refractivity contribution in [3.8, 4) is 23.0 Å². The molecule has 0 bridgehead atoms. The molecule has 280 valence electrons. The van der Waals surface area contributed by atoms with Crippen LogP contribution in [0.3, 0.4) is 0 Å². The summed E-state index contributed by atoms with van der Waals surface area (Å²) in [6.07, 6.45) is 7.02. The largest absolute Gasteiger partial charge is 0.508 e. The number of rotatable bonds is 16. The first-order valence-electron chi connectivity index (χ1n) is 18.6. The van der Waals surface area contributed by atoms with E-state index in [1.54, 1.807) is 48.5 Å². The van der Waals surface area contributed by atoms with Gasteiger partial charge in [-0.05, 0) is 173 Å². The molecule has 0 amide bonds. The summed E-state index contributed by atoms with van der Waals surface area (Å²) in [4.78, 5) is 0. The van der Waals surface area contributed by atoms with Crippen LogP contribution < -0.4 is 0 Å². The van der Waals surface area contributed by atoms with Crippen LogP contribution in [-0.4, -0.2) is 54.7 Å². The van der Waals surface area contributed by atoms with Crippen molar-refractivity contribution >= 4 is 34.2 Å². The summed E-state index contributed by atoms with van der Waals surface area (Å²) in [5.74, 6) is 1.07. The molecule has 4 N–H and O–H groups in total. The molecule has 4 aromatic rings. The summed E-state index contributed by atoms with van der Waals surface area (Å²) in [5.41, 5.74) is 4.69. The molecule has 0 aliphatic carbocycles. The topological polar surface area (TPSA) is 118 Å². The van der Waals surface area contributed by atoms with Crippen molar-refractivity contribution in [1.82, 2.24) is 0 Å². The summed E-state index contributed by atoms with van der Waals surface area (Å²) in [6.45, 7) is 8.84. The normalized spacial score (nSPS) is 25.0. The third-order valence-corrected chi connectivity index (χ3v) is 28.7. The zero-order valence-corrected chi connectivity index (χ0v) is 35.1. The van der Waals surface area contributed by atoms with Crippen LogP contribution in [0, 0.1) is 0 Å². The first-order chi connectivity index (χ1) is 24.7. The summed E-state index contributed by atoms with van der Waals surface area (Å²) < 4.78 is 29.7.